The monoisotopic (exact) mass is 622 g/mol. The molecular weight excluding hydrogens is 596 g/mol. The van der Waals surface area contributed by atoms with Crippen molar-refractivity contribution in [2.75, 3.05) is 16.9 Å². The highest BCUT2D eigenvalue weighted by Gasteiger charge is 2.39. The number of fused-ring (bicyclic) bond motifs is 2. The number of aromatic nitrogens is 6. The topological polar surface area (TPSA) is 178 Å². The van der Waals surface area contributed by atoms with Gasteiger partial charge in [0.1, 0.15) is 58.4 Å². The van der Waals surface area contributed by atoms with Gasteiger partial charge in [0, 0.05) is 17.3 Å². The van der Waals surface area contributed by atoms with Crippen LogP contribution in [-0.2, 0) is 11.3 Å². The average molecular weight is 623 g/mol. The lowest BCUT2D eigenvalue weighted by atomic mass is 10.2. The van der Waals surface area contributed by atoms with Crippen LogP contribution in [0.4, 0.5) is 23.0 Å². The van der Waals surface area contributed by atoms with E-state index in [-0.39, 0.29) is 39.3 Å². The first-order valence-electron chi connectivity index (χ1n) is 12.9. The molecule has 6 heterocycles. The second-order valence-corrected chi connectivity index (χ2v) is 11.7. The van der Waals surface area contributed by atoms with Gasteiger partial charge in [0.05, 0.1) is 5.02 Å². The summed E-state index contributed by atoms with van der Waals surface area (Å²) in [5.74, 6) is 0.388. The molecule has 0 saturated heterocycles. The molecule has 2 aliphatic heterocycles. The molecule has 0 spiro atoms. The smallest absolute Gasteiger partial charge is 0.276 e. The first-order valence-corrected chi connectivity index (χ1v) is 14.5. The molecule has 4 aromatic heterocycles. The van der Waals surface area contributed by atoms with E-state index in [0.717, 1.165) is 4.90 Å². The van der Waals surface area contributed by atoms with E-state index in [9.17, 15) is 19.2 Å². The summed E-state index contributed by atoms with van der Waals surface area (Å²) in [4.78, 5) is 65.8. The number of hydrogen-bond acceptors (Lipinski definition) is 11. The molecule has 43 heavy (non-hydrogen) atoms. The molecule has 2 aliphatic rings. The Morgan fingerprint density at radius 1 is 0.767 bits per heavy atom. The fraction of sp³-hybridized carbons (Fsp3) is 0.259. The van der Waals surface area contributed by atoms with Gasteiger partial charge in [-0.15, -0.1) is 11.8 Å². The molecule has 2 amide bonds. The maximum Gasteiger partial charge on any atom is 0.276 e. The Balaban J connectivity index is 0.000000171. The molecule has 0 aliphatic carbocycles. The lowest BCUT2D eigenvalue weighted by molar-refractivity contribution is 0.0924. The lowest BCUT2D eigenvalue weighted by Gasteiger charge is -2.22. The molecule has 0 saturated carbocycles. The van der Waals surface area contributed by atoms with Gasteiger partial charge in [0.15, 0.2) is 0 Å². The second kappa shape index (κ2) is 11.1. The highest BCUT2D eigenvalue weighted by molar-refractivity contribution is 7.98. The Morgan fingerprint density at radius 2 is 1.23 bits per heavy atom. The number of halogens is 1. The molecule has 0 bridgehead atoms. The Kier molecular flexibility index (Phi) is 7.70. The van der Waals surface area contributed by atoms with Crippen LogP contribution in [0.1, 0.15) is 48.7 Å². The number of nitrogens with zero attached hydrogens (tertiary/aromatic N) is 6. The highest BCUT2D eigenvalue weighted by atomic mass is 35.5. The summed E-state index contributed by atoms with van der Waals surface area (Å²) in [6.07, 6.45) is 7.78. The van der Waals surface area contributed by atoms with Crippen LogP contribution in [0.3, 0.4) is 0 Å². The van der Waals surface area contributed by atoms with Gasteiger partial charge in [-0.05, 0) is 58.2 Å². The van der Waals surface area contributed by atoms with Crippen molar-refractivity contribution in [3.63, 3.8) is 0 Å². The summed E-state index contributed by atoms with van der Waals surface area (Å²) in [7, 11) is 0. The molecule has 4 N–H and O–H groups in total. The van der Waals surface area contributed by atoms with Crippen molar-refractivity contribution in [3.8, 4) is 0 Å². The van der Waals surface area contributed by atoms with Crippen LogP contribution in [0.5, 0.6) is 0 Å². The van der Waals surface area contributed by atoms with Crippen molar-refractivity contribution in [2.45, 2.75) is 43.9 Å². The number of rotatable bonds is 5. The lowest BCUT2D eigenvalue weighted by Crippen LogP contribution is -2.42. The van der Waals surface area contributed by atoms with Crippen molar-refractivity contribution in [2.24, 2.45) is 0 Å². The molecule has 0 unspecified atom stereocenters. The van der Waals surface area contributed by atoms with Crippen LogP contribution in [0, 0.1) is 0 Å². The van der Waals surface area contributed by atoms with Crippen molar-refractivity contribution in [3.05, 3.63) is 86.4 Å². The van der Waals surface area contributed by atoms with E-state index in [1.807, 2.05) is 6.26 Å². The van der Waals surface area contributed by atoms with E-state index >= 15 is 0 Å². The van der Waals surface area contributed by atoms with Crippen LogP contribution in [-0.4, -0.2) is 47.1 Å². The maximum absolute atomic E-state index is 12.8. The highest BCUT2D eigenvalue weighted by Crippen LogP contribution is 2.31. The van der Waals surface area contributed by atoms with Crippen molar-refractivity contribution < 1.29 is 9.59 Å². The van der Waals surface area contributed by atoms with Gasteiger partial charge < -0.3 is 21.3 Å². The van der Waals surface area contributed by atoms with Crippen molar-refractivity contribution >= 4 is 58.2 Å². The van der Waals surface area contributed by atoms with Gasteiger partial charge in [-0.25, -0.2) is 19.9 Å². The van der Waals surface area contributed by atoms with Crippen LogP contribution < -0.4 is 32.4 Å². The fourth-order valence-corrected chi connectivity index (χ4v) is 5.69. The van der Waals surface area contributed by atoms with Gasteiger partial charge in [0.2, 0.25) is 0 Å². The molecule has 6 rings (SSSR count). The molecule has 0 aromatic carbocycles. The van der Waals surface area contributed by atoms with Crippen molar-refractivity contribution in [1.29, 1.82) is 0 Å². The third-order valence-corrected chi connectivity index (χ3v) is 7.66. The molecule has 16 heteroatoms. The van der Waals surface area contributed by atoms with E-state index in [1.165, 1.54) is 39.6 Å². The molecule has 4 aromatic rings. The molecule has 0 fully saturated rings. The summed E-state index contributed by atoms with van der Waals surface area (Å²) in [5.41, 5.74) is -1.04. The Bertz CT molecular complexity index is 1860. The number of pyridine rings is 2. The van der Waals surface area contributed by atoms with Gasteiger partial charge in [-0.1, -0.05) is 11.6 Å². The van der Waals surface area contributed by atoms with E-state index < -0.39 is 11.3 Å². The number of anilines is 4. The van der Waals surface area contributed by atoms with E-state index in [0.29, 0.717) is 23.0 Å². The Labute approximate surface area is 254 Å². The van der Waals surface area contributed by atoms with E-state index in [4.69, 9.17) is 11.6 Å². The summed E-state index contributed by atoms with van der Waals surface area (Å²) < 4.78 is 2.84. The number of thioether (sulfide) groups is 1. The van der Waals surface area contributed by atoms with Crippen LogP contribution in [0.2, 0.25) is 5.02 Å². The Hall–Kier alpha value is -4.76. The van der Waals surface area contributed by atoms with Gasteiger partial charge in [-0.3, -0.25) is 28.3 Å². The van der Waals surface area contributed by atoms with Gasteiger partial charge in [-0.2, -0.15) is 0 Å². The Morgan fingerprint density at radius 3 is 1.70 bits per heavy atom. The predicted octanol–water partition coefficient (Wildman–Crippen LogP) is 3.01. The number of carbonyl (C=O) groups excluding carboxylic acids is 2. The van der Waals surface area contributed by atoms with Crippen LogP contribution in [0.15, 0.2) is 63.8 Å². The minimum atomic E-state index is -0.837. The SMILES string of the molecule is CC1(C)NC(=O)c2c(Cl)cc(Nc3ccncn3)c(=O)n21.CSc1cc(Nc2ccncn2)c(=O)n2c1C(=O)NC2(C)C. The molecular formula is C27H27ClN10O4S. The summed E-state index contributed by atoms with van der Waals surface area (Å²) in [5, 5.41) is 11.6. The van der Waals surface area contributed by atoms with Gasteiger partial charge in [0.25, 0.3) is 22.9 Å². The van der Waals surface area contributed by atoms with Crippen LogP contribution in [0.25, 0.3) is 0 Å². The zero-order valence-electron chi connectivity index (χ0n) is 23.7. The predicted molar refractivity (Wildman–Crippen MR) is 162 cm³/mol. The maximum atomic E-state index is 12.8. The first kappa shape index (κ1) is 29.7. The number of nitrogens with one attached hydrogen (secondary N) is 4. The van der Waals surface area contributed by atoms with E-state index in [1.54, 1.807) is 58.3 Å². The zero-order chi connectivity index (χ0) is 31.1. The molecule has 222 valence electrons. The minimum absolute atomic E-state index is 0.167. The minimum Gasteiger partial charge on any atom is -0.336 e. The summed E-state index contributed by atoms with van der Waals surface area (Å²) in [6, 6.07) is 6.41. The van der Waals surface area contributed by atoms with Gasteiger partial charge >= 0.3 is 0 Å². The third kappa shape index (κ3) is 5.56. The van der Waals surface area contributed by atoms with Crippen molar-refractivity contribution in [1.82, 2.24) is 39.7 Å². The molecule has 14 nitrogen and oxygen atoms in total. The summed E-state index contributed by atoms with van der Waals surface area (Å²) >= 11 is 7.56. The number of hydrogen-bond donors (Lipinski definition) is 4. The largest absolute Gasteiger partial charge is 0.336 e. The second-order valence-electron chi connectivity index (χ2n) is 10.5. The third-order valence-electron chi connectivity index (χ3n) is 6.62. The van der Waals surface area contributed by atoms with E-state index in [2.05, 4.69) is 41.2 Å². The zero-order valence-corrected chi connectivity index (χ0v) is 25.3. The molecule has 0 radical (unpaired) electrons. The number of carbonyl (C=O) groups is 2. The normalized spacial score (nSPS) is 15.4. The van der Waals surface area contributed by atoms with Crippen LogP contribution >= 0.6 is 23.4 Å². The number of amides is 2. The molecule has 0 atom stereocenters. The average Bonchev–Trinajstić information content (AvgIpc) is 3.36. The quantitative estimate of drug-likeness (QED) is 0.240. The first-order chi connectivity index (χ1) is 20.3. The summed E-state index contributed by atoms with van der Waals surface area (Å²) in [6.45, 7) is 7.05. The standard InChI is InChI=1S/C14H15N5O2S.C13H12ClN5O2/c1-14(2)18-12(20)11-9(22-3)6-8(13(21)19(11)14)17-10-4-5-15-7-16-10;1-13(2)18-11(20)10-7(14)5-8(12(21)19(10)13)17-9-3-4-15-6-16-9/h4-7H,1-3H3,(H,18,20)(H,15,16,17);3-6H,1-2H3,(H,18,20)(H,15,16,17). The fourth-order valence-electron chi connectivity index (χ4n) is 4.79.